The van der Waals surface area contributed by atoms with Crippen LogP contribution in [0.5, 0.6) is 11.5 Å². The van der Waals surface area contributed by atoms with Crippen molar-refractivity contribution in [1.82, 2.24) is 5.32 Å². The predicted octanol–water partition coefficient (Wildman–Crippen LogP) is 4.88. The smallest absolute Gasteiger partial charge is 0.216 e. The Labute approximate surface area is 195 Å². The molecule has 172 valence electrons. The minimum absolute atomic E-state index is 0.00724. The Bertz CT molecular complexity index is 1220. The van der Waals surface area contributed by atoms with Gasteiger partial charge >= 0.3 is 0 Å². The lowest BCUT2D eigenvalue weighted by Crippen LogP contribution is -2.22. The van der Waals surface area contributed by atoms with Crippen molar-refractivity contribution < 1.29 is 14.3 Å². The fraction of sp³-hybridized carbons (Fsp3) is 0.250. The molecule has 0 atom stereocenters. The third-order valence-corrected chi connectivity index (χ3v) is 5.54. The molecule has 4 rings (SSSR count). The molecule has 0 aromatic heterocycles. The molecule has 0 bridgehead atoms. The second-order valence-electron chi connectivity index (χ2n) is 7.78. The Balaban J connectivity index is 0.000000189. The highest BCUT2D eigenvalue weighted by Gasteiger charge is 2.03. The zero-order chi connectivity index (χ0) is 23.6. The Morgan fingerprint density at radius 3 is 1.76 bits per heavy atom. The van der Waals surface area contributed by atoms with Crippen molar-refractivity contribution in [1.29, 1.82) is 0 Å². The molecule has 0 saturated heterocycles. The minimum Gasteiger partial charge on any atom is -0.497 e. The highest BCUT2D eigenvalue weighted by Crippen LogP contribution is 2.25. The zero-order valence-electron chi connectivity index (χ0n) is 19.6. The van der Waals surface area contributed by atoms with Crippen molar-refractivity contribution in [3.05, 3.63) is 83.9 Å². The van der Waals surface area contributed by atoms with E-state index in [2.05, 4.69) is 53.8 Å². The Morgan fingerprint density at radius 1 is 0.788 bits per heavy atom. The number of amides is 1. The number of hydrogen-bond acceptors (Lipinski definition) is 4. The Morgan fingerprint density at radius 2 is 1.30 bits per heavy atom. The standard InChI is InChI=1S/C15H17NO2.C13H15NO/c1-11(17)16-9-8-13-5-3-4-12-6-7-14(18-2)10-15(12)13;1-15-12-6-5-10-3-2-4-11(7-8-14)13(10)9-12/h3-7,10H,8-9H2,1-2H3,(H,16,17);2-6,9H,7-8,14H2,1H3. The second-order valence-corrected chi connectivity index (χ2v) is 7.78. The van der Waals surface area contributed by atoms with Crippen LogP contribution in [-0.4, -0.2) is 33.2 Å². The fourth-order valence-electron chi connectivity index (χ4n) is 3.85. The number of methoxy groups -OCH3 is 2. The van der Waals surface area contributed by atoms with Crippen molar-refractivity contribution in [2.75, 3.05) is 27.3 Å². The first-order valence-corrected chi connectivity index (χ1v) is 11.1. The molecule has 4 aromatic carbocycles. The number of carbonyl (C=O) groups is 1. The van der Waals surface area contributed by atoms with Gasteiger partial charge in [-0.05, 0) is 76.3 Å². The van der Waals surface area contributed by atoms with Gasteiger partial charge in [-0.3, -0.25) is 4.79 Å². The molecule has 0 fully saturated rings. The first-order valence-electron chi connectivity index (χ1n) is 11.1. The maximum Gasteiger partial charge on any atom is 0.216 e. The molecule has 4 aromatic rings. The van der Waals surface area contributed by atoms with Crippen LogP contribution in [0.2, 0.25) is 0 Å². The molecule has 0 aliphatic rings. The van der Waals surface area contributed by atoms with Crippen LogP contribution in [0, 0.1) is 0 Å². The largest absolute Gasteiger partial charge is 0.497 e. The van der Waals surface area contributed by atoms with Crippen LogP contribution in [0.3, 0.4) is 0 Å². The third-order valence-electron chi connectivity index (χ3n) is 5.54. The molecule has 1 amide bonds. The van der Waals surface area contributed by atoms with Gasteiger partial charge in [0.25, 0.3) is 0 Å². The van der Waals surface area contributed by atoms with E-state index < -0.39 is 0 Å². The van der Waals surface area contributed by atoms with Gasteiger partial charge in [0.2, 0.25) is 5.91 Å². The topological polar surface area (TPSA) is 73.6 Å². The summed E-state index contributed by atoms with van der Waals surface area (Å²) in [5.41, 5.74) is 8.10. The number of nitrogens with two attached hydrogens (primary N) is 1. The fourth-order valence-corrected chi connectivity index (χ4v) is 3.85. The average Bonchev–Trinajstić information content (AvgIpc) is 2.84. The van der Waals surface area contributed by atoms with Crippen LogP contribution < -0.4 is 20.5 Å². The van der Waals surface area contributed by atoms with Gasteiger partial charge in [0.05, 0.1) is 14.2 Å². The van der Waals surface area contributed by atoms with Crippen LogP contribution in [0.4, 0.5) is 0 Å². The lowest BCUT2D eigenvalue weighted by Gasteiger charge is -2.08. The summed E-state index contributed by atoms with van der Waals surface area (Å²) in [6.07, 6.45) is 1.73. The summed E-state index contributed by atoms with van der Waals surface area (Å²) in [5, 5.41) is 7.67. The SMILES string of the molecule is COc1ccc2cccc(CCN)c2c1.COc1ccc2cccc(CCNC(C)=O)c2c1. The van der Waals surface area contributed by atoms with Crippen LogP contribution in [-0.2, 0) is 17.6 Å². The van der Waals surface area contributed by atoms with Crippen LogP contribution in [0.15, 0.2) is 72.8 Å². The van der Waals surface area contributed by atoms with E-state index in [9.17, 15) is 4.79 Å². The molecule has 3 N–H and O–H groups in total. The molecule has 0 unspecified atom stereocenters. The molecule has 0 spiro atoms. The maximum atomic E-state index is 10.9. The normalized spacial score (nSPS) is 10.4. The van der Waals surface area contributed by atoms with E-state index in [4.69, 9.17) is 15.2 Å². The van der Waals surface area contributed by atoms with E-state index in [1.807, 2.05) is 24.3 Å². The first kappa shape index (κ1) is 24.1. The molecule has 0 aliphatic carbocycles. The van der Waals surface area contributed by atoms with Gasteiger partial charge in [0, 0.05) is 13.5 Å². The van der Waals surface area contributed by atoms with Gasteiger partial charge in [-0.25, -0.2) is 0 Å². The van der Waals surface area contributed by atoms with Crippen molar-refractivity contribution >= 4 is 27.5 Å². The van der Waals surface area contributed by atoms with Crippen molar-refractivity contribution in [2.24, 2.45) is 5.73 Å². The van der Waals surface area contributed by atoms with Gasteiger partial charge in [-0.2, -0.15) is 0 Å². The predicted molar refractivity (Wildman–Crippen MR) is 136 cm³/mol. The second kappa shape index (κ2) is 11.9. The van der Waals surface area contributed by atoms with Gasteiger partial charge in [-0.1, -0.05) is 48.5 Å². The number of fused-ring (bicyclic) bond motifs is 2. The molecule has 33 heavy (non-hydrogen) atoms. The lowest BCUT2D eigenvalue weighted by atomic mass is 10.0. The summed E-state index contributed by atoms with van der Waals surface area (Å²) in [4.78, 5) is 10.9. The molecule has 0 radical (unpaired) electrons. The van der Waals surface area contributed by atoms with Crippen LogP contribution in [0.25, 0.3) is 21.5 Å². The average molecular weight is 445 g/mol. The third kappa shape index (κ3) is 6.46. The molecule has 0 heterocycles. The zero-order valence-corrected chi connectivity index (χ0v) is 19.6. The number of benzene rings is 4. The maximum absolute atomic E-state index is 10.9. The van der Waals surface area contributed by atoms with Gasteiger partial charge in [0.15, 0.2) is 0 Å². The van der Waals surface area contributed by atoms with Crippen molar-refractivity contribution in [3.8, 4) is 11.5 Å². The minimum atomic E-state index is 0.00724. The molecule has 0 aliphatic heterocycles. The van der Waals surface area contributed by atoms with E-state index >= 15 is 0 Å². The van der Waals surface area contributed by atoms with Crippen molar-refractivity contribution in [3.63, 3.8) is 0 Å². The van der Waals surface area contributed by atoms with E-state index in [-0.39, 0.29) is 5.91 Å². The number of carbonyl (C=O) groups excluding carboxylic acids is 1. The Kier molecular flexibility index (Phi) is 8.67. The highest BCUT2D eigenvalue weighted by molar-refractivity contribution is 5.88. The summed E-state index contributed by atoms with van der Waals surface area (Å²) in [7, 11) is 3.35. The molecular formula is C28H32N2O3. The van der Waals surface area contributed by atoms with Gasteiger partial charge in [-0.15, -0.1) is 0 Å². The molecule has 5 nitrogen and oxygen atoms in total. The molecule has 0 saturated carbocycles. The van der Waals surface area contributed by atoms with E-state index in [0.29, 0.717) is 13.1 Å². The van der Waals surface area contributed by atoms with E-state index in [1.54, 1.807) is 14.2 Å². The lowest BCUT2D eigenvalue weighted by molar-refractivity contribution is -0.118. The monoisotopic (exact) mass is 444 g/mol. The Hall–Kier alpha value is -3.57. The van der Waals surface area contributed by atoms with Crippen molar-refractivity contribution in [2.45, 2.75) is 19.8 Å². The van der Waals surface area contributed by atoms with Gasteiger partial charge in [0.1, 0.15) is 11.5 Å². The number of nitrogens with one attached hydrogen (secondary N) is 1. The summed E-state index contributed by atoms with van der Waals surface area (Å²) >= 11 is 0. The molecular weight excluding hydrogens is 412 g/mol. The summed E-state index contributed by atoms with van der Waals surface area (Å²) in [6.45, 7) is 2.87. The first-order chi connectivity index (χ1) is 16.0. The number of ether oxygens (including phenoxy) is 2. The van der Waals surface area contributed by atoms with E-state index in [1.165, 1.54) is 39.6 Å². The van der Waals surface area contributed by atoms with Gasteiger partial charge < -0.3 is 20.5 Å². The quantitative estimate of drug-likeness (QED) is 0.426. The number of rotatable bonds is 7. The number of hydrogen-bond donors (Lipinski definition) is 2. The van der Waals surface area contributed by atoms with Crippen LogP contribution in [0.1, 0.15) is 18.1 Å². The molecule has 5 heteroatoms. The van der Waals surface area contributed by atoms with E-state index in [0.717, 1.165) is 24.3 Å². The highest BCUT2D eigenvalue weighted by atomic mass is 16.5. The van der Waals surface area contributed by atoms with Crippen LogP contribution >= 0.6 is 0 Å². The summed E-state index contributed by atoms with van der Waals surface area (Å²) in [5.74, 6) is 1.76. The summed E-state index contributed by atoms with van der Waals surface area (Å²) < 4.78 is 10.5. The summed E-state index contributed by atoms with van der Waals surface area (Å²) in [6, 6.07) is 24.7.